The molecule has 2 aromatic rings. The number of hydrogen-bond acceptors (Lipinski definition) is 3. The minimum absolute atomic E-state index is 0.0115. The van der Waals surface area contributed by atoms with Crippen molar-refractivity contribution in [3.05, 3.63) is 60.2 Å². The minimum atomic E-state index is -0.450. The molecule has 0 fully saturated rings. The van der Waals surface area contributed by atoms with Crippen molar-refractivity contribution in [2.75, 3.05) is 12.4 Å². The van der Waals surface area contributed by atoms with Crippen molar-refractivity contribution in [2.24, 2.45) is 5.41 Å². The van der Waals surface area contributed by atoms with E-state index in [1.807, 2.05) is 51.1 Å². The molecule has 5 nitrogen and oxygen atoms in total. The topological polar surface area (TPSA) is 58.6 Å². The predicted octanol–water partition coefficient (Wildman–Crippen LogP) is 5.51. The molecule has 1 atom stereocenters. The van der Waals surface area contributed by atoms with Gasteiger partial charge in [0.2, 0.25) is 5.91 Å². The maximum Gasteiger partial charge on any atom is 0.415 e. The SMILES string of the molecule is CCCC(C)(C)C(=O)Nc1cccc(OC(=O)N(C)C(C)Cc2ccccc2)c1. The molecule has 156 valence electrons. The van der Waals surface area contributed by atoms with Gasteiger partial charge >= 0.3 is 6.09 Å². The van der Waals surface area contributed by atoms with Gasteiger partial charge in [0, 0.05) is 30.3 Å². The summed E-state index contributed by atoms with van der Waals surface area (Å²) in [5.74, 6) is 0.358. The molecule has 2 amide bonds. The van der Waals surface area contributed by atoms with Crippen molar-refractivity contribution in [3.8, 4) is 5.75 Å². The Bertz CT molecular complexity index is 818. The van der Waals surface area contributed by atoms with Crippen molar-refractivity contribution in [3.63, 3.8) is 0 Å². The van der Waals surface area contributed by atoms with Gasteiger partial charge in [-0.3, -0.25) is 4.79 Å². The Hall–Kier alpha value is -2.82. The lowest BCUT2D eigenvalue weighted by Crippen LogP contribution is -2.38. The molecule has 0 spiro atoms. The molecule has 0 aromatic heterocycles. The summed E-state index contributed by atoms with van der Waals surface area (Å²) in [5.41, 5.74) is 1.33. The monoisotopic (exact) mass is 396 g/mol. The highest BCUT2D eigenvalue weighted by Gasteiger charge is 2.26. The van der Waals surface area contributed by atoms with E-state index in [1.165, 1.54) is 5.56 Å². The van der Waals surface area contributed by atoms with Crippen molar-refractivity contribution in [2.45, 2.75) is 53.0 Å². The number of nitrogens with one attached hydrogen (secondary N) is 1. The van der Waals surface area contributed by atoms with Gasteiger partial charge in [-0.15, -0.1) is 0 Å². The van der Waals surface area contributed by atoms with E-state index in [0.717, 1.165) is 19.3 Å². The van der Waals surface area contributed by atoms with Gasteiger partial charge in [0.1, 0.15) is 5.75 Å². The molecule has 0 heterocycles. The quantitative estimate of drug-likeness (QED) is 0.640. The number of nitrogens with zero attached hydrogens (tertiary/aromatic N) is 1. The van der Waals surface area contributed by atoms with E-state index in [0.29, 0.717) is 11.4 Å². The first-order valence-electron chi connectivity index (χ1n) is 10.1. The number of anilines is 1. The molecule has 29 heavy (non-hydrogen) atoms. The van der Waals surface area contributed by atoms with Gasteiger partial charge in [0.15, 0.2) is 0 Å². The van der Waals surface area contributed by atoms with Gasteiger partial charge in [-0.2, -0.15) is 0 Å². The van der Waals surface area contributed by atoms with Crippen LogP contribution in [0.2, 0.25) is 0 Å². The van der Waals surface area contributed by atoms with Crippen LogP contribution in [-0.4, -0.2) is 30.0 Å². The van der Waals surface area contributed by atoms with Crippen LogP contribution >= 0.6 is 0 Å². The van der Waals surface area contributed by atoms with Crippen molar-refractivity contribution in [1.82, 2.24) is 4.90 Å². The zero-order valence-electron chi connectivity index (χ0n) is 18.1. The molecule has 0 aliphatic carbocycles. The first kappa shape index (κ1) is 22.5. The van der Waals surface area contributed by atoms with Crippen molar-refractivity contribution < 1.29 is 14.3 Å². The molecule has 5 heteroatoms. The highest BCUT2D eigenvalue weighted by atomic mass is 16.6. The van der Waals surface area contributed by atoms with E-state index in [2.05, 4.69) is 12.2 Å². The normalized spacial score (nSPS) is 12.2. The molecule has 2 aromatic carbocycles. The first-order valence-corrected chi connectivity index (χ1v) is 10.1. The summed E-state index contributed by atoms with van der Waals surface area (Å²) >= 11 is 0. The summed E-state index contributed by atoms with van der Waals surface area (Å²) < 4.78 is 5.53. The van der Waals surface area contributed by atoms with E-state index in [-0.39, 0.29) is 11.9 Å². The Kier molecular flexibility index (Phi) is 7.82. The molecule has 0 saturated heterocycles. The predicted molar refractivity (Wildman–Crippen MR) is 117 cm³/mol. The lowest BCUT2D eigenvalue weighted by Gasteiger charge is -2.25. The second-order valence-electron chi connectivity index (χ2n) is 8.13. The standard InChI is InChI=1S/C24H32N2O3/c1-6-15-24(3,4)22(27)25-20-13-10-14-21(17-20)29-23(28)26(5)18(2)16-19-11-8-7-9-12-19/h7-14,17-18H,6,15-16H2,1-5H3,(H,25,27). The maximum absolute atomic E-state index is 12.5. The van der Waals surface area contributed by atoms with Crippen LogP contribution in [-0.2, 0) is 11.2 Å². The zero-order chi connectivity index (χ0) is 21.4. The number of carbonyl (C=O) groups is 2. The molecule has 0 radical (unpaired) electrons. The van der Waals surface area contributed by atoms with E-state index < -0.39 is 11.5 Å². The number of amides is 2. The molecule has 2 rings (SSSR count). The summed E-state index contributed by atoms with van der Waals surface area (Å²) in [6.07, 6.45) is 2.06. The van der Waals surface area contributed by atoms with E-state index in [1.54, 1.807) is 36.2 Å². The number of carbonyl (C=O) groups excluding carboxylic acids is 2. The molecule has 1 unspecified atom stereocenters. The summed E-state index contributed by atoms with van der Waals surface area (Å²) in [5, 5.41) is 2.92. The Morgan fingerprint density at radius 3 is 2.45 bits per heavy atom. The Morgan fingerprint density at radius 1 is 1.10 bits per heavy atom. The van der Waals surface area contributed by atoms with Crippen LogP contribution in [0.1, 0.15) is 46.1 Å². The number of likely N-dealkylation sites (N-methyl/N-ethyl adjacent to an activating group) is 1. The molecule has 1 N–H and O–H groups in total. The Morgan fingerprint density at radius 2 is 1.79 bits per heavy atom. The highest BCUT2D eigenvalue weighted by Crippen LogP contribution is 2.26. The fourth-order valence-electron chi connectivity index (χ4n) is 3.12. The third-order valence-electron chi connectivity index (χ3n) is 5.11. The summed E-state index contributed by atoms with van der Waals surface area (Å²) in [4.78, 5) is 26.6. The van der Waals surface area contributed by atoms with Gasteiger partial charge < -0.3 is 15.0 Å². The molecular weight excluding hydrogens is 364 g/mol. The van der Waals surface area contributed by atoms with Crippen LogP contribution in [0.15, 0.2) is 54.6 Å². The minimum Gasteiger partial charge on any atom is -0.410 e. The fourth-order valence-corrected chi connectivity index (χ4v) is 3.12. The molecule has 0 bridgehead atoms. The van der Waals surface area contributed by atoms with E-state index in [9.17, 15) is 9.59 Å². The third-order valence-corrected chi connectivity index (χ3v) is 5.11. The second kappa shape index (κ2) is 10.1. The first-order chi connectivity index (χ1) is 13.7. The third kappa shape index (κ3) is 6.63. The van der Waals surface area contributed by atoms with E-state index in [4.69, 9.17) is 4.74 Å². The van der Waals surface area contributed by atoms with Crippen LogP contribution < -0.4 is 10.1 Å². The lowest BCUT2D eigenvalue weighted by atomic mass is 9.87. The lowest BCUT2D eigenvalue weighted by molar-refractivity contribution is -0.124. The van der Waals surface area contributed by atoms with Gasteiger partial charge in [0.25, 0.3) is 0 Å². The maximum atomic E-state index is 12.5. The Balaban J connectivity index is 1.98. The molecular formula is C24H32N2O3. The van der Waals surface area contributed by atoms with Gasteiger partial charge in [-0.1, -0.05) is 63.6 Å². The van der Waals surface area contributed by atoms with Gasteiger partial charge in [-0.05, 0) is 37.5 Å². The molecule has 0 aliphatic heterocycles. The average Bonchev–Trinajstić information content (AvgIpc) is 2.68. The van der Waals surface area contributed by atoms with E-state index >= 15 is 0 Å². The fraction of sp³-hybridized carbons (Fsp3) is 0.417. The molecule has 0 saturated carbocycles. The zero-order valence-corrected chi connectivity index (χ0v) is 18.1. The largest absolute Gasteiger partial charge is 0.415 e. The smallest absolute Gasteiger partial charge is 0.410 e. The van der Waals surface area contributed by atoms with Gasteiger partial charge in [0.05, 0.1) is 0 Å². The number of benzene rings is 2. The van der Waals surface area contributed by atoms with Crippen molar-refractivity contribution in [1.29, 1.82) is 0 Å². The van der Waals surface area contributed by atoms with Crippen molar-refractivity contribution >= 4 is 17.7 Å². The van der Waals surface area contributed by atoms with Crippen LogP contribution in [0, 0.1) is 5.41 Å². The Labute approximate surface area is 174 Å². The second-order valence-corrected chi connectivity index (χ2v) is 8.13. The summed E-state index contributed by atoms with van der Waals surface area (Å²) in [6.45, 7) is 7.91. The van der Waals surface area contributed by atoms with Crippen LogP contribution in [0.4, 0.5) is 10.5 Å². The van der Waals surface area contributed by atoms with Gasteiger partial charge in [-0.25, -0.2) is 4.79 Å². The highest BCUT2D eigenvalue weighted by molar-refractivity contribution is 5.95. The number of rotatable bonds is 8. The van der Waals surface area contributed by atoms with Crippen LogP contribution in [0.3, 0.4) is 0 Å². The summed E-state index contributed by atoms with van der Waals surface area (Å²) in [6, 6.07) is 17.0. The average molecular weight is 397 g/mol. The number of ether oxygens (including phenoxy) is 1. The summed E-state index contributed by atoms with van der Waals surface area (Å²) in [7, 11) is 1.73. The van der Waals surface area contributed by atoms with Crippen LogP contribution in [0.25, 0.3) is 0 Å². The number of hydrogen-bond donors (Lipinski definition) is 1. The van der Waals surface area contributed by atoms with Crippen LogP contribution in [0.5, 0.6) is 5.75 Å². The molecule has 0 aliphatic rings.